The third-order valence-electron chi connectivity index (χ3n) is 25.2. The number of ketones is 3. The number of nitrogens with two attached hydrogens (primary N) is 3. The molecule has 7 N–H and O–H groups in total. The molecule has 0 bridgehead atoms. The molecule has 15 heterocycles. The second-order valence-corrected chi connectivity index (χ2v) is 33.3. The van der Waals surface area contributed by atoms with E-state index >= 15 is 0 Å². The van der Waals surface area contributed by atoms with Crippen LogP contribution in [0, 0.1) is 5.92 Å². The lowest BCUT2D eigenvalue weighted by Crippen LogP contribution is -2.47. The van der Waals surface area contributed by atoms with Crippen LogP contribution in [0.3, 0.4) is 0 Å². The van der Waals surface area contributed by atoms with E-state index in [0.29, 0.717) is 130 Å². The van der Waals surface area contributed by atoms with Crippen molar-refractivity contribution in [1.29, 1.82) is 0 Å². The molecule has 0 aliphatic carbocycles. The zero-order valence-corrected chi connectivity index (χ0v) is 73.7. The molecule has 3 aliphatic rings. The van der Waals surface area contributed by atoms with Crippen LogP contribution in [-0.2, 0) is 40.5 Å². The molecule has 3 unspecified atom stereocenters. The van der Waals surface area contributed by atoms with Crippen LogP contribution in [-0.4, -0.2) is 234 Å². The highest BCUT2D eigenvalue weighted by atomic mass is 16.5. The third kappa shape index (κ3) is 17.7. The van der Waals surface area contributed by atoms with Gasteiger partial charge >= 0.3 is 0 Å². The van der Waals surface area contributed by atoms with Gasteiger partial charge in [0.25, 0.3) is 0 Å². The van der Waals surface area contributed by atoms with Gasteiger partial charge in [-0.25, -0.2) is 29.0 Å². The molecule has 17 aromatic rings. The van der Waals surface area contributed by atoms with Crippen molar-refractivity contribution in [1.82, 2.24) is 103 Å². The van der Waals surface area contributed by atoms with E-state index in [9.17, 15) is 14.4 Å². The number of aromatic nitrogens is 18. The molecule has 12 aromatic heterocycles. The Balaban J connectivity index is 0.000000133. The molecule has 0 spiro atoms. The number of anilines is 5. The molecule has 3 atom stereocenters. The first-order valence-corrected chi connectivity index (χ1v) is 44.1. The molecule has 36 heteroatoms. The first kappa shape index (κ1) is 87.1. The Morgan fingerprint density at radius 2 is 0.756 bits per heavy atom. The Labute approximate surface area is 753 Å². The first-order valence-electron chi connectivity index (χ1n) is 44.1. The summed E-state index contributed by atoms with van der Waals surface area (Å²) in [4.78, 5) is 80.3. The summed E-state index contributed by atoms with van der Waals surface area (Å²) in [5.41, 5.74) is 23.5. The minimum atomic E-state index is -1.12. The van der Waals surface area contributed by atoms with E-state index in [1.165, 1.54) is 19.2 Å². The molecule has 674 valence electrons. The van der Waals surface area contributed by atoms with Crippen LogP contribution < -0.4 is 41.8 Å². The highest BCUT2D eigenvalue weighted by molar-refractivity contribution is 5.98. The van der Waals surface area contributed by atoms with Gasteiger partial charge in [0.1, 0.15) is 41.3 Å². The van der Waals surface area contributed by atoms with Crippen LogP contribution in [0.5, 0.6) is 11.5 Å². The Bertz CT molecular complexity index is 6740. The van der Waals surface area contributed by atoms with E-state index in [0.717, 1.165) is 138 Å². The van der Waals surface area contributed by atoms with Crippen LogP contribution in [0.25, 0.3) is 84.8 Å². The third-order valence-corrected chi connectivity index (χ3v) is 25.2. The molecule has 131 heavy (non-hydrogen) atoms. The Kier molecular flexibility index (Phi) is 25.5. The Morgan fingerprint density at radius 3 is 1.11 bits per heavy atom. The van der Waals surface area contributed by atoms with Gasteiger partial charge in [-0.3, -0.25) is 19.3 Å². The molecule has 3 fully saturated rings. The maximum atomic E-state index is 14.5. The van der Waals surface area contributed by atoms with E-state index in [2.05, 4.69) is 99.5 Å². The molecule has 0 amide bonds. The van der Waals surface area contributed by atoms with Crippen molar-refractivity contribution in [2.24, 2.45) is 5.92 Å². The first-order chi connectivity index (χ1) is 64.0. The van der Waals surface area contributed by atoms with Gasteiger partial charge in [0.15, 0.2) is 68.5 Å². The summed E-state index contributed by atoms with van der Waals surface area (Å²) in [6.45, 7) is 19.0. The van der Waals surface area contributed by atoms with Gasteiger partial charge in [-0.2, -0.15) is 43.8 Å². The maximum Gasteiger partial charge on any atom is 0.225 e. The van der Waals surface area contributed by atoms with Gasteiger partial charge in [-0.05, 0) is 167 Å². The highest BCUT2D eigenvalue weighted by Crippen LogP contribution is 2.40. The van der Waals surface area contributed by atoms with Crippen molar-refractivity contribution in [2.75, 3.05) is 146 Å². The number of nitrogens with one attached hydrogen (secondary N) is 1. The van der Waals surface area contributed by atoms with Crippen LogP contribution in [0.1, 0.15) is 82.4 Å². The number of methoxy groups -OCH3 is 2. The number of hydrogen-bond donors (Lipinski definition) is 4. The van der Waals surface area contributed by atoms with E-state index in [1.807, 2.05) is 136 Å². The van der Waals surface area contributed by atoms with Crippen molar-refractivity contribution in [3.05, 3.63) is 230 Å². The van der Waals surface area contributed by atoms with Crippen LogP contribution in [0.15, 0.2) is 227 Å². The lowest BCUT2D eigenvalue weighted by molar-refractivity contribution is -0.127. The number of ether oxygens (including phenoxy) is 4. The summed E-state index contributed by atoms with van der Waals surface area (Å²) in [6, 6.07) is 56.2. The van der Waals surface area contributed by atoms with Gasteiger partial charge in [0.2, 0.25) is 35.3 Å². The van der Waals surface area contributed by atoms with E-state index in [4.69, 9.17) is 59.6 Å². The molecule has 0 radical (unpaired) electrons. The topological polar surface area (TPSA) is 413 Å². The number of nitrogen functional groups attached to an aromatic ring is 3. The molecule has 3 aliphatic heterocycles. The Morgan fingerprint density at radius 1 is 0.405 bits per heavy atom. The summed E-state index contributed by atoms with van der Waals surface area (Å²) in [7, 11) is 3.33. The van der Waals surface area contributed by atoms with Crippen molar-refractivity contribution < 1.29 is 46.6 Å². The number of fused-ring (bicyclic) bond motifs is 9. The summed E-state index contributed by atoms with van der Waals surface area (Å²) >= 11 is 0. The van der Waals surface area contributed by atoms with E-state index in [-0.39, 0.29) is 41.1 Å². The fraction of sp³-hybridized carbons (Fsp3) is 0.337. The number of piperidine rings is 1. The standard InChI is InChI=1S/C35H39N9O4.C34H36N8O4.C26H29N9O2/c1-35(25-8-4-3-5-9-25,44-33-28(24-37-44)32-38-31(29-10-7-21-48-29)40-43(32)34(36)39-33)30(45)11-6-16-41-17-19-42(20-18-41)26-12-14-27(15-13-26)47-23-22-46-2;1-34(24-7-4-3-5-8-24,29(43)21-23-14-16-40(17-15-23)25-10-12-26(13-11-25)45-20-19-44-2)42-32-27(22-36-42)31-37-30(28-9-6-18-46-28)39-41(31)33(35)38-32;1-26(18-7-3-2-4-8-18,21(36)10-5-13-33-14-11-28-12-15-33)35-24-19(17-29-35)23-30-22(20-9-6-16-37-20)32-34(23)25(27)31-24/h3-5,7-10,12-15,21,24H,6,11,16-20,22-23H2,1-2H3,(H2,36,39);3-13,18,22-23H,14-17,19-21H2,1-2H3,(H2,35,38);2-4,6-9,16-17,28H,5,10-15H2,1H3,(H2,27,31). The summed E-state index contributed by atoms with van der Waals surface area (Å²) in [6.07, 6.45) is 14.2. The number of nitrogens with zero attached hydrogens (tertiary/aromatic N) is 22. The highest BCUT2D eigenvalue weighted by Gasteiger charge is 2.44. The summed E-state index contributed by atoms with van der Waals surface area (Å²) in [5, 5.41) is 32.9. The van der Waals surface area contributed by atoms with Crippen LogP contribution in [0.4, 0.5) is 29.2 Å². The largest absolute Gasteiger partial charge is 0.491 e. The summed E-state index contributed by atoms with van der Waals surface area (Å²) < 4.78 is 47.5. The number of carbonyl (C=O) groups is 3. The van der Waals surface area contributed by atoms with Gasteiger partial charge in [-0.15, -0.1) is 15.3 Å². The predicted molar refractivity (Wildman–Crippen MR) is 495 cm³/mol. The predicted octanol–water partition coefficient (Wildman–Crippen LogP) is 11.6. The fourth-order valence-electron chi connectivity index (χ4n) is 17.7. The van der Waals surface area contributed by atoms with Crippen LogP contribution in [0.2, 0.25) is 0 Å². The number of rotatable bonds is 32. The maximum absolute atomic E-state index is 14.5. The average Bonchev–Trinajstić information content (AvgIpc) is 1.60. The minimum absolute atomic E-state index is 0.0446. The molecule has 3 saturated heterocycles. The van der Waals surface area contributed by atoms with E-state index < -0.39 is 16.6 Å². The summed E-state index contributed by atoms with van der Waals surface area (Å²) in [5.74, 6) is 5.24. The van der Waals surface area contributed by atoms with Crippen molar-refractivity contribution in [3.8, 4) is 46.3 Å². The van der Waals surface area contributed by atoms with E-state index in [1.54, 1.807) is 102 Å². The normalized spacial score (nSPS) is 15.6. The number of furan rings is 3. The minimum Gasteiger partial charge on any atom is -0.491 e. The SMILES string of the molecule is CC(C(=O)CCCN1CCNCC1)(c1ccccc1)n1ncc2c1nc(N)n1nc(-c3ccco3)nc21.COCCOc1ccc(N2CCC(CC(=O)C(C)(c3ccccc3)n3ncc4c3nc(N)n3nc(-c5ccco5)nc43)CC2)cc1.COCCOc1ccc(N2CCN(CCCC(=O)C(C)(c3ccccc3)n3ncc4c3nc(N)n3nc(-c5ccco5)nc43)CC2)cc1. The monoisotopic (exact) mass is 1770 g/mol. The van der Waals surface area contributed by atoms with Crippen molar-refractivity contribution in [2.45, 2.75) is 82.3 Å². The molecule has 36 nitrogen and oxygen atoms in total. The Hall–Kier alpha value is -14.6. The second kappa shape index (κ2) is 38.4. The number of Topliss-reactive ketones (excluding diaryl/α,β-unsaturated/α-hetero) is 3. The zero-order chi connectivity index (χ0) is 90.2. The molecule has 5 aromatic carbocycles. The molecule has 20 rings (SSSR count). The zero-order valence-electron chi connectivity index (χ0n) is 73.7. The number of carbonyl (C=O) groups excluding carboxylic acids is 3. The molecular formula is C95H104N26O10. The quantitative estimate of drug-likeness (QED) is 0.0284. The van der Waals surface area contributed by atoms with Gasteiger partial charge in [0.05, 0.1) is 66.8 Å². The second-order valence-electron chi connectivity index (χ2n) is 33.3. The fourth-order valence-corrected chi connectivity index (χ4v) is 17.7. The van der Waals surface area contributed by atoms with Gasteiger partial charge in [0, 0.05) is 110 Å². The van der Waals surface area contributed by atoms with Crippen LogP contribution >= 0.6 is 0 Å². The number of benzene rings is 5. The number of hydrogen-bond acceptors (Lipinski definition) is 30. The van der Waals surface area contributed by atoms with Gasteiger partial charge in [-0.1, -0.05) is 91.0 Å². The molecule has 0 saturated carbocycles. The van der Waals surface area contributed by atoms with Crippen molar-refractivity contribution >= 4 is 96.6 Å². The smallest absolute Gasteiger partial charge is 0.225 e. The number of piperazine rings is 2. The van der Waals surface area contributed by atoms with Crippen molar-refractivity contribution in [3.63, 3.8) is 0 Å². The average molecular weight is 1770 g/mol. The lowest BCUT2D eigenvalue weighted by atomic mass is 9.81. The molecular weight excluding hydrogens is 1670 g/mol. The van der Waals surface area contributed by atoms with Gasteiger partial charge < -0.3 is 69.4 Å². The lowest BCUT2D eigenvalue weighted by Gasteiger charge is -2.36.